The van der Waals surface area contributed by atoms with E-state index in [9.17, 15) is 9.59 Å². The Kier molecular flexibility index (Phi) is 5.78. The van der Waals surface area contributed by atoms with Gasteiger partial charge in [0.2, 0.25) is 0 Å². The van der Waals surface area contributed by atoms with Crippen LogP contribution in [0.3, 0.4) is 0 Å². The van der Waals surface area contributed by atoms with E-state index < -0.39 is 0 Å². The van der Waals surface area contributed by atoms with Gasteiger partial charge in [0.05, 0.1) is 13.2 Å². The number of ether oxygens (including phenoxy) is 2. The van der Waals surface area contributed by atoms with Crippen molar-refractivity contribution in [2.24, 2.45) is 0 Å². The van der Waals surface area contributed by atoms with Crippen LogP contribution in [0.5, 0.6) is 0 Å². The number of likely N-dealkylation sites (N-methyl/N-ethyl adjacent to an activating group) is 1. The predicted octanol–water partition coefficient (Wildman–Crippen LogP) is 2.51. The Labute approximate surface area is 170 Å². The van der Waals surface area contributed by atoms with Crippen LogP contribution >= 0.6 is 0 Å². The van der Waals surface area contributed by atoms with Crippen LogP contribution in [0.2, 0.25) is 0 Å². The van der Waals surface area contributed by atoms with Gasteiger partial charge in [-0.3, -0.25) is 14.6 Å². The lowest BCUT2D eigenvalue weighted by molar-refractivity contribution is -0.125. The van der Waals surface area contributed by atoms with Gasteiger partial charge in [0.15, 0.2) is 0 Å². The van der Waals surface area contributed by atoms with Crippen molar-refractivity contribution in [2.45, 2.75) is 12.6 Å². The molecule has 0 aromatic heterocycles. The number of rotatable bonds is 6. The number of carbonyl (C=O) groups excluding carboxylic acids is 2. The fraction of sp³-hybridized carbons (Fsp3) is 0.364. The third-order valence-electron chi connectivity index (χ3n) is 5.14. The summed E-state index contributed by atoms with van der Waals surface area (Å²) in [5, 5.41) is 0. The summed E-state index contributed by atoms with van der Waals surface area (Å²) < 4.78 is 10.7. The second-order valence-electron chi connectivity index (χ2n) is 7.41. The summed E-state index contributed by atoms with van der Waals surface area (Å²) in [5.41, 5.74) is 2.81. The zero-order chi connectivity index (χ0) is 20.2. The second-order valence-corrected chi connectivity index (χ2v) is 7.41. The van der Waals surface area contributed by atoms with Crippen molar-refractivity contribution in [3.63, 3.8) is 0 Å². The van der Waals surface area contributed by atoms with Gasteiger partial charge in [0.25, 0.3) is 5.91 Å². The first-order chi connectivity index (χ1) is 14.1. The Balaban J connectivity index is 1.36. The molecule has 1 unspecified atom stereocenters. The SMILES string of the molecule is CN(Cc1ccccc1)CC1CN(c2ccc(N3CCOCC3=O)cc2)C(=O)O1. The van der Waals surface area contributed by atoms with E-state index in [-0.39, 0.29) is 24.7 Å². The van der Waals surface area contributed by atoms with Crippen molar-refractivity contribution in [1.29, 1.82) is 0 Å². The molecule has 0 aliphatic carbocycles. The molecule has 2 amide bonds. The molecule has 7 nitrogen and oxygen atoms in total. The molecule has 0 N–H and O–H groups in total. The lowest BCUT2D eigenvalue weighted by Crippen LogP contribution is -2.41. The minimum atomic E-state index is -0.335. The van der Waals surface area contributed by atoms with Crippen molar-refractivity contribution in [1.82, 2.24) is 4.90 Å². The van der Waals surface area contributed by atoms with Crippen molar-refractivity contribution < 1.29 is 19.1 Å². The second kappa shape index (κ2) is 8.63. The molecule has 2 aliphatic heterocycles. The molecule has 0 radical (unpaired) electrons. The summed E-state index contributed by atoms with van der Waals surface area (Å²) in [5.74, 6) is -0.0499. The number of hydrogen-bond donors (Lipinski definition) is 0. The molecular weight excluding hydrogens is 370 g/mol. The molecule has 29 heavy (non-hydrogen) atoms. The Morgan fingerprint density at radius 3 is 2.38 bits per heavy atom. The quantitative estimate of drug-likeness (QED) is 0.752. The highest BCUT2D eigenvalue weighted by molar-refractivity contribution is 5.95. The zero-order valence-electron chi connectivity index (χ0n) is 16.5. The van der Waals surface area contributed by atoms with Gasteiger partial charge in [-0.25, -0.2) is 4.79 Å². The Morgan fingerprint density at radius 1 is 1.00 bits per heavy atom. The van der Waals surface area contributed by atoms with Gasteiger partial charge >= 0.3 is 6.09 Å². The number of cyclic esters (lactones) is 1. The molecule has 0 saturated carbocycles. The topological polar surface area (TPSA) is 62.3 Å². The molecular formula is C22H25N3O4. The molecule has 152 valence electrons. The Hall–Kier alpha value is -2.90. The van der Waals surface area contributed by atoms with Crippen LogP contribution in [0, 0.1) is 0 Å². The minimum Gasteiger partial charge on any atom is -0.443 e. The van der Waals surface area contributed by atoms with Gasteiger partial charge < -0.3 is 14.4 Å². The maximum Gasteiger partial charge on any atom is 0.414 e. The molecule has 2 fully saturated rings. The van der Waals surface area contributed by atoms with Crippen molar-refractivity contribution in [3.8, 4) is 0 Å². The molecule has 2 aromatic carbocycles. The first-order valence-corrected chi connectivity index (χ1v) is 9.79. The number of morpholine rings is 1. The number of amides is 2. The molecule has 2 aromatic rings. The van der Waals surface area contributed by atoms with Gasteiger partial charge in [0, 0.05) is 31.0 Å². The van der Waals surface area contributed by atoms with Gasteiger partial charge in [-0.1, -0.05) is 30.3 Å². The molecule has 7 heteroatoms. The summed E-state index contributed by atoms with van der Waals surface area (Å²) >= 11 is 0. The van der Waals surface area contributed by atoms with E-state index in [2.05, 4.69) is 17.0 Å². The lowest BCUT2D eigenvalue weighted by Gasteiger charge is -2.27. The summed E-state index contributed by atoms with van der Waals surface area (Å²) in [6, 6.07) is 17.7. The molecule has 2 saturated heterocycles. The first-order valence-electron chi connectivity index (χ1n) is 9.79. The van der Waals surface area contributed by atoms with Crippen LogP contribution in [0.4, 0.5) is 16.2 Å². The van der Waals surface area contributed by atoms with Crippen LogP contribution in [0.1, 0.15) is 5.56 Å². The van der Waals surface area contributed by atoms with Crippen LogP contribution in [0.25, 0.3) is 0 Å². The third-order valence-corrected chi connectivity index (χ3v) is 5.14. The van der Waals surface area contributed by atoms with Crippen LogP contribution < -0.4 is 9.80 Å². The number of carbonyl (C=O) groups is 2. The summed E-state index contributed by atoms with van der Waals surface area (Å²) in [7, 11) is 2.03. The highest BCUT2D eigenvalue weighted by atomic mass is 16.6. The summed E-state index contributed by atoms with van der Waals surface area (Å²) in [6.07, 6.45) is -0.519. The predicted molar refractivity (Wildman–Crippen MR) is 110 cm³/mol. The smallest absolute Gasteiger partial charge is 0.414 e. The molecule has 1 atom stereocenters. The normalized spacial score (nSPS) is 19.7. The van der Waals surface area contributed by atoms with Gasteiger partial charge in [-0.15, -0.1) is 0 Å². The molecule has 2 aliphatic rings. The number of nitrogens with zero attached hydrogens (tertiary/aromatic N) is 3. The molecule has 0 bridgehead atoms. The van der Waals surface area contributed by atoms with E-state index in [0.717, 1.165) is 17.9 Å². The zero-order valence-corrected chi connectivity index (χ0v) is 16.5. The fourth-order valence-corrected chi connectivity index (χ4v) is 3.74. The highest BCUT2D eigenvalue weighted by Crippen LogP contribution is 2.26. The standard InChI is InChI=1S/C22H25N3O4/c1-23(13-17-5-3-2-4-6-17)14-20-15-25(22(27)29-20)19-9-7-18(8-10-19)24-11-12-28-16-21(24)26/h2-10,20H,11-16H2,1H3. The maximum atomic E-state index is 12.4. The number of hydrogen-bond acceptors (Lipinski definition) is 5. The van der Waals surface area contributed by atoms with E-state index >= 15 is 0 Å². The summed E-state index contributed by atoms with van der Waals surface area (Å²) in [4.78, 5) is 29.9. The van der Waals surface area contributed by atoms with E-state index in [1.807, 2.05) is 49.5 Å². The highest BCUT2D eigenvalue weighted by Gasteiger charge is 2.33. The average Bonchev–Trinajstić information content (AvgIpc) is 3.09. The van der Waals surface area contributed by atoms with Crippen LogP contribution in [0.15, 0.2) is 54.6 Å². The summed E-state index contributed by atoms with van der Waals surface area (Å²) in [6.45, 7) is 3.16. The third kappa shape index (κ3) is 4.58. The van der Waals surface area contributed by atoms with Crippen molar-refractivity contribution >= 4 is 23.4 Å². The van der Waals surface area contributed by atoms with Crippen molar-refractivity contribution in [3.05, 3.63) is 60.2 Å². The van der Waals surface area contributed by atoms with Gasteiger partial charge in [0.1, 0.15) is 12.7 Å². The molecule has 4 rings (SSSR count). The largest absolute Gasteiger partial charge is 0.443 e. The minimum absolute atomic E-state index is 0.0499. The number of benzene rings is 2. The van der Waals surface area contributed by atoms with Gasteiger partial charge in [-0.2, -0.15) is 0 Å². The van der Waals surface area contributed by atoms with Gasteiger partial charge in [-0.05, 0) is 36.9 Å². The monoisotopic (exact) mass is 395 g/mol. The Morgan fingerprint density at radius 2 is 1.69 bits per heavy atom. The van der Waals surface area contributed by atoms with Crippen molar-refractivity contribution in [2.75, 3.05) is 49.7 Å². The Bertz CT molecular complexity index is 856. The van der Waals surface area contributed by atoms with E-state index in [1.165, 1.54) is 5.56 Å². The number of anilines is 2. The van der Waals surface area contributed by atoms with E-state index in [0.29, 0.717) is 26.2 Å². The lowest BCUT2D eigenvalue weighted by atomic mass is 10.2. The van der Waals surface area contributed by atoms with Crippen LogP contribution in [-0.4, -0.2) is 62.9 Å². The van der Waals surface area contributed by atoms with E-state index in [4.69, 9.17) is 9.47 Å². The molecule has 2 heterocycles. The molecule has 0 spiro atoms. The first kappa shape index (κ1) is 19.4. The van der Waals surface area contributed by atoms with E-state index in [1.54, 1.807) is 9.80 Å². The fourth-order valence-electron chi connectivity index (χ4n) is 3.74. The van der Waals surface area contributed by atoms with Crippen LogP contribution in [-0.2, 0) is 20.8 Å². The average molecular weight is 395 g/mol. The maximum absolute atomic E-state index is 12.4.